The highest BCUT2D eigenvalue weighted by Gasteiger charge is 2.20. The van der Waals surface area contributed by atoms with Crippen LogP contribution >= 0.6 is 0 Å². The van der Waals surface area contributed by atoms with Crippen LogP contribution in [0, 0.1) is 0 Å². The minimum absolute atomic E-state index is 0.0172. The van der Waals surface area contributed by atoms with Crippen molar-refractivity contribution in [2.45, 2.75) is 31.7 Å². The maximum Gasteiger partial charge on any atom is 0.224 e. The van der Waals surface area contributed by atoms with E-state index in [2.05, 4.69) is 15.6 Å². The average molecular weight is 281 g/mol. The Morgan fingerprint density at radius 3 is 2.62 bits per heavy atom. The number of carbonyl (C=O) groups excluding carboxylic acids is 1. The summed E-state index contributed by atoms with van der Waals surface area (Å²) in [4.78, 5) is 16.2. The van der Waals surface area contributed by atoms with Gasteiger partial charge in [-0.25, -0.2) is 4.98 Å². The topological polar surface area (TPSA) is 54.0 Å². The Kier molecular flexibility index (Phi) is 4.15. The molecule has 0 saturated heterocycles. The van der Waals surface area contributed by atoms with Gasteiger partial charge in [0.15, 0.2) is 0 Å². The number of rotatable bonds is 6. The van der Waals surface area contributed by atoms with E-state index in [0.717, 1.165) is 17.9 Å². The van der Waals surface area contributed by atoms with Crippen LogP contribution < -0.4 is 10.6 Å². The van der Waals surface area contributed by atoms with Crippen LogP contribution in [0.15, 0.2) is 48.7 Å². The zero-order valence-electron chi connectivity index (χ0n) is 11.9. The second-order valence-electron chi connectivity index (χ2n) is 5.38. The standard InChI is InChI=1S/C17H19N3O/c21-17(11-6-13-4-2-1-3-5-13)20-15-9-10-16(18-12-15)19-14-7-8-14/h1-5,9-10,12,14H,6-8,11H2,(H,18,19)(H,20,21). The molecule has 1 aromatic heterocycles. The molecule has 108 valence electrons. The number of aryl methyl sites for hydroxylation is 1. The van der Waals surface area contributed by atoms with Gasteiger partial charge in [-0.3, -0.25) is 4.79 Å². The van der Waals surface area contributed by atoms with Gasteiger partial charge in [-0.15, -0.1) is 0 Å². The number of benzene rings is 1. The number of aromatic nitrogens is 1. The number of amides is 1. The van der Waals surface area contributed by atoms with E-state index in [1.807, 2.05) is 42.5 Å². The molecular formula is C17H19N3O. The van der Waals surface area contributed by atoms with Gasteiger partial charge in [0.05, 0.1) is 11.9 Å². The number of nitrogens with one attached hydrogen (secondary N) is 2. The first-order valence-corrected chi connectivity index (χ1v) is 7.36. The molecule has 0 aliphatic heterocycles. The van der Waals surface area contributed by atoms with Gasteiger partial charge in [-0.1, -0.05) is 30.3 Å². The molecule has 3 rings (SSSR count). The van der Waals surface area contributed by atoms with Crippen molar-refractivity contribution in [2.75, 3.05) is 10.6 Å². The van der Waals surface area contributed by atoms with Crippen molar-refractivity contribution in [3.63, 3.8) is 0 Å². The van der Waals surface area contributed by atoms with Crippen molar-refractivity contribution in [3.8, 4) is 0 Å². The normalized spacial score (nSPS) is 13.7. The number of hydrogen-bond donors (Lipinski definition) is 2. The lowest BCUT2D eigenvalue weighted by Crippen LogP contribution is -2.12. The summed E-state index contributed by atoms with van der Waals surface area (Å²) in [6, 6.07) is 14.4. The molecule has 4 nitrogen and oxygen atoms in total. The summed E-state index contributed by atoms with van der Waals surface area (Å²) in [5, 5.41) is 6.20. The number of anilines is 2. The van der Waals surface area contributed by atoms with Gasteiger partial charge in [0, 0.05) is 12.5 Å². The summed E-state index contributed by atoms with van der Waals surface area (Å²) in [7, 11) is 0. The molecule has 1 aromatic carbocycles. The van der Waals surface area contributed by atoms with E-state index in [1.165, 1.54) is 18.4 Å². The molecular weight excluding hydrogens is 262 g/mol. The highest BCUT2D eigenvalue weighted by Crippen LogP contribution is 2.23. The van der Waals surface area contributed by atoms with Crippen molar-refractivity contribution in [3.05, 3.63) is 54.2 Å². The van der Waals surface area contributed by atoms with Crippen molar-refractivity contribution < 1.29 is 4.79 Å². The highest BCUT2D eigenvalue weighted by atomic mass is 16.1. The summed E-state index contributed by atoms with van der Waals surface area (Å²) < 4.78 is 0. The third-order valence-electron chi connectivity index (χ3n) is 3.46. The predicted molar refractivity (Wildman–Crippen MR) is 84.3 cm³/mol. The lowest BCUT2D eigenvalue weighted by molar-refractivity contribution is -0.116. The van der Waals surface area contributed by atoms with Crippen LogP contribution in [0.25, 0.3) is 0 Å². The maximum atomic E-state index is 11.9. The molecule has 2 aromatic rings. The Hall–Kier alpha value is -2.36. The summed E-state index contributed by atoms with van der Waals surface area (Å²) in [5.41, 5.74) is 1.92. The molecule has 1 amide bonds. The number of carbonyl (C=O) groups is 1. The Labute approximate surface area is 124 Å². The largest absolute Gasteiger partial charge is 0.367 e. The Bertz CT molecular complexity index is 591. The zero-order valence-corrected chi connectivity index (χ0v) is 11.9. The third-order valence-corrected chi connectivity index (χ3v) is 3.46. The highest BCUT2D eigenvalue weighted by molar-refractivity contribution is 5.90. The molecule has 0 atom stereocenters. The van der Waals surface area contributed by atoms with E-state index in [0.29, 0.717) is 12.5 Å². The Morgan fingerprint density at radius 1 is 1.14 bits per heavy atom. The van der Waals surface area contributed by atoms with Crippen LogP contribution in [-0.2, 0) is 11.2 Å². The first kappa shape index (κ1) is 13.6. The van der Waals surface area contributed by atoms with Crippen molar-refractivity contribution in [2.24, 2.45) is 0 Å². The van der Waals surface area contributed by atoms with Crippen LogP contribution in [0.1, 0.15) is 24.8 Å². The molecule has 1 heterocycles. The lowest BCUT2D eigenvalue weighted by atomic mass is 10.1. The quantitative estimate of drug-likeness (QED) is 0.854. The van der Waals surface area contributed by atoms with Crippen LogP contribution in [-0.4, -0.2) is 16.9 Å². The van der Waals surface area contributed by atoms with Crippen molar-refractivity contribution >= 4 is 17.4 Å². The molecule has 1 aliphatic carbocycles. The van der Waals surface area contributed by atoms with Crippen LogP contribution in [0.5, 0.6) is 0 Å². The monoisotopic (exact) mass is 281 g/mol. The van der Waals surface area contributed by atoms with E-state index in [9.17, 15) is 4.79 Å². The molecule has 4 heteroatoms. The third kappa shape index (κ3) is 4.31. The first-order chi connectivity index (χ1) is 10.3. The van der Waals surface area contributed by atoms with E-state index in [-0.39, 0.29) is 5.91 Å². The van der Waals surface area contributed by atoms with Crippen molar-refractivity contribution in [1.29, 1.82) is 0 Å². The molecule has 21 heavy (non-hydrogen) atoms. The number of hydrogen-bond acceptors (Lipinski definition) is 3. The summed E-state index contributed by atoms with van der Waals surface area (Å²) >= 11 is 0. The summed E-state index contributed by atoms with van der Waals surface area (Å²) in [6.45, 7) is 0. The lowest BCUT2D eigenvalue weighted by Gasteiger charge is -2.07. The molecule has 0 bridgehead atoms. The fourth-order valence-corrected chi connectivity index (χ4v) is 2.12. The molecule has 0 spiro atoms. The fourth-order valence-electron chi connectivity index (χ4n) is 2.12. The molecule has 1 saturated carbocycles. The van der Waals surface area contributed by atoms with E-state index in [4.69, 9.17) is 0 Å². The second-order valence-corrected chi connectivity index (χ2v) is 5.38. The van der Waals surface area contributed by atoms with Gasteiger partial charge >= 0.3 is 0 Å². The van der Waals surface area contributed by atoms with Crippen LogP contribution in [0.4, 0.5) is 11.5 Å². The van der Waals surface area contributed by atoms with Crippen LogP contribution in [0.2, 0.25) is 0 Å². The minimum atomic E-state index is 0.0172. The molecule has 1 aliphatic rings. The number of pyridine rings is 1. The number of nitrogens with zero attached hydrogens (tertiary/aromatic N) is 1. The zero-order chi connectivity index (χ0) is 14.5. The Morgan fingerprint density at radius 2 is 1.95 bits per heavy atom. The van der Waals surface area contributed by atoms with E-state index >= 15 is 0 Å². The second kappa shape index (κ2) is 6.39. The molecule has 0 unspecified atom stereocenters. The SMILES string of the molecule is O=C(CCc1ccccc1)Nc1ccc(NC2CC2)nc1. The smallest absolute Gasteiger partial charge is 0.224 e. The summed E-state index contributed by atoms with van der Waals surface area (Å²) in [5.74, 6) is 0.892. The first-order valence-electron chi connectivity index (χ1n) is 7.36. The fraction of sp³-hybridized carbons (Fsp3) is 0.294. The maximum absolute atomic E-state index is 11.9. The molecule has 1 fully saturated rings. The predicted octanol–water partition coefficient (Wildman–Crippen LogP) is 3.23. The van der Waals surface area contributed by atoms with Crippen molar-refractivity contribution in [1.82, 2.24) is 4.98 Å². The molecule has 0 radical (unpaired) electrons. The van der Waals surface area contributed by atoms with Gasteiger partial charge in [-0.2, -0.15) is 0 Å². The van der Waals surface area contributed by atoms with Gasteiger partial charge in [0.25, 0.3) is 0 Å². The molecule has 2 N–H and O–H groups in total. The minimum Gasteiger partial charge on any atom is -0.367 e. The van der Waals surface area contributed by atoms with Gasteiger partial charge in [0.2, 0.25) is 5.91 Å². The van der Waals surface area contributed by atoms with E-state index in [1.54, 1.807) is 6.20 Å². The van der Waals surface area contributed by atoms with Crippen LogP contribution in [0.3, 0.4) is 0 Å². The van der Waals surface area contributed by atoms with Gasteiger partial charge in [-0.05, 0) is 37.0 Å². The summed E-state index contributed by atoms with van der Waals surface area (Å²) in [6.07, 6.45) is 5.37. The van der Waals surface area contributed by atoms with Gasteiger partial charge in [0.1, 0.15) is 5.82 Å². The van der Waals surface area contributed by atoms with E-state index < -0.39 is 0 Å². The average Bonchev–Trinajstić information content (AvgIpc) is 3.32. The van der Waals surface area contributed by atoms with Gasteiger partial charge < -0.3 is 10.6 Å². The Balaban J connectivity index is 1.47.